The van der Waals surface area contributed by atoms with Crippen LogP contribution in [-0.4, -0.2) is 45.5 Å². The molecule has 1 unspecified atom stereocenters. The van der Waals surface area contributed by atoms with E-state index in [4.69, 9.17) is 26.8 Å². The highest BCUT2D eigenvalue weighted by molar-refractivity contribution is 6.30. The van der Waals surface area contributed by atoms with Crippen molar-refractivity contribution in [1.29, 1.82) is 0 Å². The summed E-state index contributed by atoms with van der Waals surface area (Å²) in [5.74, 6) is 0.447. The average molecular weight is 340 g/mol. The third-order valence-corrected chi connectivity index (χ3v) is 4.49. The van der Waals surface area contributed by atoms with Crippen molar-refractivity contribution in [3.8, 4) is 0 Å². The first-order valence-electron chi connectivity index (χ1n) is 7.95. The molecule has 3 N–H and O–H groups in total. The molecule has 6 heteroatoms. The molecule has 23 heavy (non-hydrogen) atoms. The topological polar surface area (TPSA) is 68.9 Å². The number of hydrogen-bond acceptors (Lipinski definition) is 3. The van der Waals surface area contributed by atoms with Crippen LogP contribution in [0, 0.1) is 0 Å². The summed E-state index contributed by atoms with van der Waals surface area (Å²) in [7, 11) is 1.67. The molecule has 0 saturated carbocycles. The predicted octanol–water partition coefficient (Wildman–Crippen LogP) is 2.33. The van der Waals surface area contributed by atoms with Crippen LogP contribution in [0.1, 0.15) is 25.3 Å². The molecule has 1 aliphatic heterocycles. The number of guanidine groups is 1. The van der Waals surface area contributed by atoms with E-state index < -0.39 is 0 Å². The van der Waals surface area contributed by atoms with Gasteiger partial charge in [-0.3, -0.25) is 4.99 Å². The van der Waals surface area contributed by atoms with Crippen LogP contribution in [0.4, 0.5) is 0 Å². The van der Waals surface area contributed by atoms with E-state index >= 15 is 0 Å². The van der Waals surface area contributed by atoms with Crippen molar-refractivity contribution < 1.29 is 9.47 Å². The Morgan fingerprint density at radius 3 is 2.87 bits per heavy atom. The summed E-state index contributed by atoms with van der Waals surface area (Å²) < 4.78 is 10.6. The Balaban J connectivity index is 2.13. The lowest BCUT2D eigenvalue weighted by Crippen LogP contribution is -2.43. The number of halogens is 1. The first-order valence-corrected chi connectivity index (χ1v) is 8.33. The Morgan fingerprint density at radius 2 is 2.22 bits per heavy atom. The molecule has 1 heterocycles. The Morgan fingerprint density at radius 1 is 1.48 bits per heavy atom. The summed E-state index contributed by atoms with van der Waals surface area (Å²) in [5.41, 5.74) is 7.15. The molecule has 5 nitrogen and oxygen atoms in total. The smallest absolute Gasteiger partial charge is 0.188 e. The molecule has 0 aliphatic carbocycles. The lowest BCUT2D eigenvalue weighted by Gasteiger charge is -2.36. The van der Waals surface area contributed by atoms with Gasteiger partial charge in [-0.15, -0.1) is 0 Å². The van der Waals surface area contributed by atoms with Gasteiger partial charge in [0, 0.05) is 36.8 Å². The number of hydrogen-bond donors (Lipinski definition) is 2. The average Bonchev–Trinajstić information content (AvgIpc) is 2.54. The molecule has 1 fully saturated rings. The Hall–Kier alpha value is -1.30. The number of nitrogens with zero attached hydrogens (tertiary/aromatic N) is 1. The van der Waals surface area contributed by atoms with Crippen LogP contribution in [0.2, 0.25) is 5.02 Å². The van der Waals surface area contributed by atoms with Gasteiger partial charge in [0.1, 0.15) is 0 Å². The van der Waals surface area contributed by atoms with E-state index in [9.17, 15) is 0 Å². The highest BCUT2D eigenvalue weighted by atomic mass is 35.5. The normalized spacial score (nSPS) is 19.3. The van der Waals surface area contributed by atoms with Gasteiger partial charge >= 0.3 is 0 Å². The minimum atomic E-state index is -0.0695. The Labute approximate surface area is 143 Å². The standard InChI is InChI=1S/C17H26ClN3O2/c1-13(11-22-2)21-16(19)20-12-17(6-8-23-9-7-17)14-4-3-5-15(18)10-14/h3-5,10,13H,6-9,11-12H2,1-2H3,(H3,19,20,21). The third-order valence-electron chi connectivity index (χ3n) is 4.25. The molecule has 1 aromatic rings. The lowest BCUT2D eigenvalue weighted by molar-refractivity contribution is 0.0531. The van der Waals surface area contributed by atoms with Crippen molar-refractivity contribution in [2.75, 3.05) is 33.5 Å². The maximum atomic E-state index is 6.17. The summed E-state index contributed by atoms with van der Waals surface area (Å²) in [6.45, 7) is 4.68. The van der Waals surface area contributed by atoms with Crippen LogP contribution in [-0.2, 0) is 14.9 Å². The molecular weight excluding hydrogens is 314 g/mol. The zero-order chi connectivity index (χ0) is 16.7. The van der Waals surface area contributed by atoms with Crippen molar-refractivity contribution in [2.45, 2.75) is 31.2 Å². The maximum absolute atomic E-state index is 6.17. The zero-order valence-corrected chi connectivity index (χ0v) is 14.6. The van der Waals surface area contributed by atoms with Crippen molar-refractivity contribution in [3.63, 3.8) is 0 Å². The van der Waals surface area contributed by atoms with E-state index in [1.807, 2.05) is 25.1 Å². The quantitative estimate of drug-likeness (QED) is 0.616. The molecule has 1 aliphatic rings. The van der Waals surface area contributed by atoms with Crippen LogP contribution in [0.3, 0.4) is 0 Å². The van der Waals surface area contributed by atoms with Gasteiger partial charge in [0.05, 0.1) is 13.2 Å². The number of benzene rings is 1. The van der Waals surface area contributed by atoms with Crippen LogP contribution in [0.15, 0.2) is 29.3 Å². The number of nitrogens with two attached hydrogens (primary N) is 1. The van der Waals surface area contributed by atoms with Gasteiger partial charge in [-0.1, -0.05) is 23.7 Å². The van der Waals surface area contributed by atoms with Crippen molar-refractivity contribution in [2.24, 2.45) is 10.7 Å². The first kappa shape index (κ1) is 18.0. The highest BCUT2D eigenvalue weighted by Gasteiger charge is 2.34. The maximum Gasteiger partial charge on any atom is 0.188 e. The molecule has 1 atom stereocenters. The van der Waals surface area contributed by atoms with E-state index in [2.05, 4.69) is 16.4 Å². The molecule has 0 aromatic heterocycles. The second-order valence-electron chi connectivity index (χ2n) is 6.11. The Bertz CT molecular complexity index is 530. The summed E-state index contributed by atoms with van der Waals surface area (Å²) in [6.07, 6.45) is 1.83. The van der Waals surface area contributed by atoms with E-state index in [1.165, 1.54) is 5.56 Å². The minimum Gasteiger partial charge on any atom is -0.383 e. The van der Waals surface area contributed by atoms with Crippen molar-refractivity contribution in [1.82, 2.24) is 5.32 Å². The van der Waals surface area contributed by atoms with Crippen LogP contribution in [0.25, 0.3) is 0 Å². The summed E-state index contributed by atoms with van der Waals surface area (Å²) in [6, 6.07) is 8.15. The number of methoxy groups -OCH3 is 1. The van der Waals surface area contributed by atoms with E-state index in [0.29, 0.717) is 19.1 Å². The van der Waals surface area contributed by atoms with E-state index in [0.717, 1.165) is 31.1 Å². The van der Waals surface area contributed by atoms with Gasteiger partial charge in [-0.2, -0.15) is 0 Å². The number of ether oxygens (including phenoxy) is 2. The van der Waals surface area contributed by atoms with Crippen LogP contribution >= 0.6 is 11.6 Å². The largest absolute Gasteiger partial charge is 0.383 e. The fourth-order valence-electron chi connectivity index (χ4n) is 2.94. The van der Waals surface area contributed by atoms with Crippen LogP contribution < -0.4 is 11.1 Å². The predicted molar refractivity (Wildman–Crippen MR) is 94.1 cm³/mol. The monoisotopic (exact) mass is 339 g/mol. The van der Waals surface area contributed by atoms with Crippen LogP contribution in [0.5, 0.6) is 0 Å². The van der Waals surface area contributed by atoms with E-state index in [-0.39, 0.29) is 11.5 Å². The fraction of sp³-hybridized carbons (Fsp3) is 0.588. The molecule has 1 saturated heterocycles. The number of nitrogens with one attached hydrogen (secondary N) is 1. The molecule has 1 aromatic carbocycles. The van der Waals surface area contributed by atoms with E-state index in [1.54, 1.807) is 7.11 Å². The SMILES string of the molecule is COCC(C)NC(N)=NCC1(c2cccc(Cl)c2)CCOCC1. The molecular formula is C17H26ClN3O2. The second kappa shape index (κ2) is 8.52. The second-order valence-corrected chi connectivity index (χ2v) is 6.54. The molecule has 0 spiro atoms. The summed E-state index contributed by atoms with van der Waals surface area (Å²) in [4.78, 5) is 4.58. The summed E-state index contributed by atoms with van der Waals surface area (Å²) >= 11 is 6.17. The third kappa shape index (κ3) is 5.09. The first-order chi connectivity index (χ1) is 11.1. The van der Waals surface area contributed by atoms with Crippen molar-refractivity contribution >= 4 is 17.6 Å². The van der Waals surface area contributed by atoms with Gasteiger partial charge in [-0.25, -0.2) is 0 Å². The molecule has 128 valence electrons. The molecule has 2 rings (SSSR count). The number of aliphatic imine (C=N–C) groups is 1. The molecule has 0 radical (unpaired) electrons. The van der Waals surface area contributed by atoms with Gasteiger partial charge in [0.15, 0.2) is 5.96 Å². The summed E-state index contributed by atoms with van der Waals surface area (Å²) in [5, 5.41) is 3.89. The fourth-order valence-corrected chi connectivity index (χ4v) is 3.14. The highest BCUT2D eigenvalue weighted by Crippen LogP contribution is 2.36. The zero-order valence-electron chi connectivity index (χ0n) is 13.8. The van der Waals surface area contributed by atoms with Gasteiger partial charge < -0.3 is 20.5 Å². The van der Waals surface area contributed by atoms with Gasteiger partial charge in [0.2, 0.25) is 0 Å². The van der Waals surface area contributed by atoms with Crippen molar-refractivity contribution in [3.05, 3.63) is 34.9 Å². The molecule has 0 bridgehead atoms. The lowest BCUT2D eigenvalue weighted by atomic mass is 9.74. The Kier molecular flexibility index (Phi) is 6.69. The van der Waals surface area contributed by atoms with Gasteiger partial charge in [-0.05, 0) is 37.5 Å². The molecule has 0 amide bonds. The number of rotatable bonds is 6. The minimum absolute atomic E-state index is 0.0695. The van der Waals surface area contributed by atoms with Gasteiger partial charge in [0.25, 0.3) is 0 Å².